The number of nitrogens with zero attached hydrogens (tertiary/aromatic N) is 4. The number of benzene rings is 1. The Hall–Kier alpha value is -2.80. The highest BCUT2D eigenvalue weighted by molar-refractivity contribution is 7.18. The first kappa shape index (κ1) is 19.9. The van der Waals surface area contributed by atoms with Gasteiger partial charge in [-0.25, -0.2) is 0 Å². The van der Waals surface area contributed by atoms with Crippen molar-refractivity contribution in [2.75, 3.05) is 18.6 Å². The molecule has 1 amide bonds. The summed E-state index contributed by atoms with van der Waals surface area (Å²) < 4.78 is 5.44. The Morgan fingerprint density at radius 2 is 1.93 bits per heavy atom. The number of pyridine rings is 1. The molecule has 0 atom stereocenters. The lowest BCUT2D eigenvalue weighted by Gasteiger charge is -2.18. The van der Waals surface area contributed by atoms with E-state index in [0.29, 0.717) is 17.4 Å². The number of amides is 1. The van der Waals surface area contributed by atoms with E-state index in [4.69, 9.17) is 4.74 Å². The highest BCUT2D eigenvalue weighted by atomic mass is 32.1. The summed E-state index contributed by atoms with van der Waals surface area (Å²) >= 11 is 1.41. The Morgan fingerprint density at radius 3 is 2.54 bits per heavy atom. The second-order valence-corrected chi connectivity index (χ2v) is 7.51. The number of ether oxygens (including phenoxy) is 1. The van der Waals surface area contributed by atoms with Gasteiger partial charge in [0, 0.05) is 18.3 Å². The van der Waals surface area contributed by atoms with Gasteiger partial charge in [0.1, 0.15) is 16.5 Å². The third-order valence-corrected chi connectivity index (χ3v) is 5.42. The van der Waals surface area contributed by atoms with E-state index in [1.165, 1.54) is 11.3 Å². The predicted octanol–water partition coefficient (Wildman–Crippen LogP) is 4.67. The molecule has 2 aromatic heterocycles. The van der Waals surface area contributed by atoms with Crippen molar-refractivity contribution in [3.05, 3.63) is 53.3 Å². The Balaban J connectivity index is 1.94. The van der Waals surface area contributed by atoms with Gasteiger partial charge in [0.2, 0.25) is 5.13 Å². The maximum Gasteiger partial charge on any atom is 0.278 e. The normalized spacial score (nSPS) is 10.7. The van der Waals surface area contributed by atoms with Gasteiger partial charge < -0.3 is 4.74 Å². The van der Waals surface area contributed by atoms with Gasteiger partial charge in [0.15, 0.2) is 0 Å². The first-order chi connectivity index (χ1) is 13.5. The molecular weight excluding hydrogens is 372 g/mol. The van der Waals surface area contributed by atoms with Crippen molar-refractivity contribution >= 4 is 22.4 Å². The number of aromatic nitrogens is 3. The molecule has 0 aliphatic heterocycles. The molecule has 3 aromatic rings. The van der Waals surface area contributed by atoms with Crippen LogP contribution < -0.4 is 9.64 Å². The number of rotatable bonds is 7. The van der Waals surface area contributed by atoms with E-state index in [9.17, 15) is 4.79 Å². The highest BCUT2D eigenvalue weighted by Gasteiger charge is 2.22. The molecule has 0 aliphatic rings. The van der Waals surface area contributed by atoms with Crippen LogP contribution in [-0.2, 0) is 0 Å². The average molecular weight is 397 g/mol. The molecule has 3 rings (SSSR count). The van der Waals surface area contributed by atoms with E-state index in [1.54, 1.807) is 30.3 Å². The lowest BCUT2D eigenvalue weighted by Crippen LogP contribution is -2.32. The van der Waals surface area contributed by atoms with Crippen molar-refractivity contribution in [3.63, 3.8) is 0 Å². The minimum absolute atomic E-state index is 0.154. The molecule has 0 fully saturated rings. The lowest BCUT2D eigenvalue weighted by molar-refractivity contribution is 0.0981. The number of hydrogen-bond donors (Lipinski definition) is 0. The van der Waals surface area contributed by atoms with Crippen molar-refractivity contribution in [3.8, 4) is 16.3 Å². The van der Waals surface area contributed by atoms with Crippen LogP contribution in [-0.4, -0.2) is 34.7 Å². The first-order valence-corrected chi connectivity index (χ1v) is 10.1. The lowest BCUT2D eigenvalue weighted by atomic mass is 10.1. The van der Waals surface area contributed by atoms with E-state index < -0.39 is 0 Å². The van der Waals surface area contributed by atoms with E-state index in [1.807, 2.05) is 32.0 Å². The Kier molecular flexibility index (Phi) is 6.36. The molecular formula is C21H24N4O2S. The largest absolute Gasteiger partial charge is 0.496 e. The topological polar surface area (TPSA) is 68.2 Å². The Labute approximate surface area is 169 Å². The molecule has 0 saturated heterocycles. The SMILES string of the molecule is CCCCN(C(=O)c1ccccn1)c1nnc(-c2cc(C)c(OC)c(C)c2)s1. The van der Waals surface area contributed by atoms with Gasteiger partial charge in [0.25, 0.3) is 5.91 Å². The van der Waals surface area contributed by atoms with Gasteiger partial charge >= 0.3 is 0 Å². The molecule has 0 aliphatic carbocycles. The fourth-order valence-electron chi connectivity index (χ4n) is 3.06. The summed E-state index contributed by atoms with van der Waals surface area (Å²) in [6.07, 6.45) is 3.49. The third-order valence-electron chi connectivity index (χ3n) is 4.42. The molecule has 6 nitrogen and oxygen atoms in total. The average Bonchev–Trinajstić information content (AvgIpc) is 3.18. The molecule has 0 saturated carbocycles. The zero-order valence-corrected chi connectivity index (χ0v) is 17.4. The minimum atomic E-state index is -0.154. The van der Waals surface area contributed by atoms with Crippen LogP contribution in [0.5, 0.6) is 5.75 Å². The third kappa shape index (κ3) is 4.20. The molecule has 0 unspecified atom stereocenters. The number of carbonyl (C=O) groups excluding carboxylic acids is 1. The van der Waals surface area contributed by atoms with Crippen LogP contribution in [0.4, 0.5) is 5.13 Å². The monoisotopic (exact) mass is 396 g/mol. The maximum atomic E-state index is 13.0. The van der Waals surface area contributed by atoms with E-state index in [0.717, 1.165) is 40.3 Å². The molecule has 2 heterocycles. The molecule has 28 heavy (non-hydrogen) atoms. The van der Waals surface area contributed by atoms with Gasteiger partial charge in [-0.3, -0.25) is 14.7 Å². The summed E-state index contributed by atoms with van der Waals surface area (Å²) in [5, 5.41) is 10.0. The molecule has 0 spiro atoms. The van der Waals surface area contributed by atoms with Crippen molar-refractivity contribution in [1.82, 2.24) is 15.2 Å². The number of methoxy groups -OCH3 is 1. The minimum Gasteiger partial charge on any atom is -0.496 e. The predicted molar refractivity (Wildman–Crippen MR) is 112 cm³/mol. The van der Waals surface area contributed by atoms with Gasteiger partial charge in [-0.05, 0) is 55.7 Å². The standard InChI is InChI=1S/C21H24N4O2S/c1-5-6-11-25(20(26)17-9-7-8-10-22-17)21-24-23-19(28-21)16-12-14(2)18(27-4)15(3)13-16/h7-10,12-13H,5-6,11H2,1-4H3. The molecule has 146 valence electrons. The van der Waals surface area contributed by atoms with Crippen molar-refractivity contribution in [2.45, 2.75) is 33.6 Å². The summed E-state index contributed by atoms with van der Waals surface area (Å²) in [5.41, 5.74) is 3.47. The number of hydrogen-bond acceptors (Lipinski definition) is 6. The fraction of sp³-hybridized carbons (Fsp3) is 0.333. The van der Waals surface area contributed by atoms with E-state index in [-0.39, 0.29) is 5.91 Å². The molecule has 1 aromatic carbocycles. The number of unbranched alkanes of at least 4 members (excludes halogenated alkanes) is 1. The zero-order chi connectivity index (χ0) is 20.1. The smallest absolute Gasteiger partial charge is 0.278 e. The van der Waals surface area contributed by atoms with Gasteiger partial charge in [-0.15, -0.1) is 10.2 Å². The van der Waals surface area contributed by atoms with Crippen LogP contribution in [0.3, 0.4) is 0 Å². The number of carbonyl (C=O) groups is 1. The molecule has 0 radical (unpaired) electrons. The molecule has 0 bridgehead atoms. The Bertz CT molecular complexity index is 933. The first-order valence-electron chi connectivity index (χ1n) is 9.27. The molecule has 7 heteroatoms. The fourth-order valence-corrected chi connectivity index (χ4v) is 3.92. The van der Waals surface area contributed by atoms with Crippen LogP contribution in [0, 0.1) is 13.8 Å². The number of aryl methyl sites for hydroxylation is 2. The van der Waals surface area contributed by atoms with Gasteiger partial charge in [-0.1, -0.05) is 30.7 Å². The van der Waals surface area contributed by atoms with E-state index in [2.05, 4.69) is 22.1 Å². The van der Waals surface area contributed by atoms with Crippen LogP contribution in [0.2, 0.25) is 0 Å². The van der Waals surface area contributed by atoms with Crippen LogP contribution in [0.15, 0.2) is 36.5 Å². The van der Waals surface area contributed by atoms with Crippen molar-refractivity contribution in [2.24, 2.45) is 0 Å². The van der Waals surface area contributed by atoms with Crippen LogP contribution in [0.1, 0.15) is 41.4 Å². The second-order valence-electron chi connectivity index (χ2n) is 6.56. The van der Waals surface area contributed by atoms with Gasteiger partial charge in [0.05, 0.1) is 7.11 Å². The zero-order valence-electron chi connectivity index (χ0n) is 16.6. The maximum absolute atomic E-state index is 13.0. The molecule has 0 N–H and O–H groups in total. The quantitative estimate of drug-likeness (QED) is 0.580. The summed E-state index contributed by atoms with van der Waals surface area (Å²) in [4.78, 5) is 18.8. The Morgan fingerprint density at radius 1 is 1.18 bits per heavy atom. The van der Waals surface area contributed by atoms with Crippen molar-refractivity contribution in [1.29, 1.82) is 0 Å². The summed E-state index contributed by atoms with van der Waals surface area (Å²) in [6.45, 7) is 6.70. The highest BCUT2D eigenvalue weighted by Crippen LogP contribution is 2.34. The van der Waals surface area contributed by atoms with Crippen molar-refractivity contribution < 1.29 is 9.53 Å². The summed E-state index contributed by atoms with van der Waals surface area (Å²) in [5.74, 6) is 0.724. The van der Waals surface area contributed by atoms with Crippen LogP contribution >= 0.6 is 11.3 Å². The summed E-state index contributed by atoms with van der Waals surface area (Å²) in [6, 6.07) is 9.40. The summed E-state index contributed by atoms with van der Waals surface area (Å²) in [7, 11) is 1.67. The van der Waals surface area contributed by atoms with Gasteiger partial charge in [-0.2, -0.15) is 0 Å². The van der Waals surface area contributed by atoms with Crippen LogP contribution in [0.25, 0.3) is 10.6 Å². The second kappa shape index (κ2) is 8.93. The van der Waals surface area contributed by atoms with E-state index >= 15 is 0 Å². The number of anilines is 1.